The fourth-order valence-electron chi connectivity index (χ4n) is 2.87. The highest BCUT2D eigenvalue weighted by molar-refractivity contribution is 7.20. The highest BCUT2D eigenvalue weighted by atomic mass is 32.1. The first-order valence-corrected chi connectivity index (χ1v) is 9.22. The second kappa shape index (κ2) is 6.88. The number of carbonyl (C=O) groups excluding carboxylic acids is 1. The number of carbonyl (C=O) groups is 1. The van der Waals surface area contributed by atoms with Gasteiger partial charge in [-0.2, -0.15) is 4.52 Å². The molecule has 1 aliphatic rings. The Morgan fingerprint density at radius 1 is 1.54 bits per heavy atom. The summed E-state index contributed by atoms with van der Waals surface area (Å²) >= 11 is 1.40. The molecule has 1 N–H and O–H groups in total. The molecule has 130 valence electrons. The lowest BCUT2D eigenvalue weighted by Gasteiger charge is -2.32. The molecular formula is C16H23N5O2S. The van der Waals surface area contributed by atoms with Gasteiger partial charge in [0.05, 0.1) is 5.92 Å². The van der Waals surface area contributed by atoms with Crippen molar-refractivity contribution in [3.05, 3.63) is 22.1 Å². The van der Waals surface area contributed by atoms with Gasteiger partial charge in [-0.25, -0.2) is 4.98 Å². The maximum atomic E-state index is 12.4. The Balaban J connectivity index is 1.78. The number of aryl methyl sites for hydroxylation is 1. The summed E-state index contributed by atoms with van der Waals surface area (Å²) in [5, 5.41) is 8.22. The van der Waals surface area contributed by atoms with Crippen molar-refractivity contribution >= 4 is 27.3 Å². The predicted octanol–water partition coefficient (Wildman–Crippen LogP) is 1.59. The summed E-state index contributed by atoms with van der Waals surface area (Å²) in [5.74, 6) is 0.0764. The number of nitrogens with one attached hydrogen (secondary N) is 1. The summed E-state index contributed by atoms with van der Waals surface area (Å²) in [6.45, 7) is 7.37. The largest absolute Gasteiger partial charge is 0.353 e. The number of hydrogen-bond acceptors (Lipinski definition) is 6. The number of aromatic nitrogens is 3. The van der Waals surface area contributed by atoms with Gasteiger partial charge in [-0.3, -0.25) is 9.59 Å². The lowest BCUT2D eigenvalue weighted by atomic mass is 9.97. The molecule has 1 fully saturated rings. The second-order valence-corrected chi connectivity index (χ2v) is 7.35. The van der Waals surface area contributed by atoms with Gasteiger partial charge in [0.25, 0.3) is 5.56 Å². The number of piperidine rings is 1. The molecule has 0 unspecified atom stereocenters. The normalized spacial score (nSPS) is 19.5. The Morgan fingerprint density at radius 3 is 3.08 bits per heavy atom. The minimum Gasteiger partial charge on any atom is -0.353 e. The van der Waals surface area contributed by atoms with Gasteiger partial charge in [0, 0.05) is 30.9 Å². The molecule has 0 aromatic carbocycles. The van der Waals surface area contributed by atoms with Crippen LogP contribution < -0.4 is 15.8 Å². The maximum Gasteiger partial charge on any atom is 0.275 e. The van der Waals surface area contributed by atoms with E-state index >= 15 is 0 Å². The summed E-state index contributed by atoms with van der Waals surface area (Å²) < 4.78 is 1.34. The number of rotatable bonds is 4. The van der Waals surface area contributed by atoms with Crippen molar-refractivity contribution in [3.8, 4) is 0 Å². The van der Waals surface area contributed by atoms with Gasteiger partial charge < -0.3 is 10.2 Å². The Kier molecular flexibility index (Phi) is 4.84. The minimum absolute atomic E-state index is 0.0359. The van der Waals surface area contributed by atoms with Crippen LogP contribution in [0.2, 0.25) is 0 Å². The van der Waals surface area contributed by atoms with Gasteiger partial charge in [0.1, 0.15) is 0 Å². The lowest BCUT2D eigenvalue weighted by molar-refractivity contribution is -0.125. The van der Waals surface area contributed by atoms with E-state index in [1.807, 2.05) is 6.92 Å². The number of amides is 1. The Hall–Kier alpha value is -1.96. The van der Waals surface area contributed by atoms with Crippen molar-refractivity contribution in [2.45, 2.75) is 46.1 Å². The van der Waals surface area contributed by atoms with Crippen molar-refractivity contribution in [3.63, 3.8) is 0 Å². The molecule has 1 amide bonds. The first-order chi connectivity index (χ1) is 11.5. The highest BCUT2D eigenvalue weighted by Crippen LogP contribution is 2.27. The number of anilines is 1. The molecule has 0 radical (unpaired) electrons. The van der Waals surface area contributed by atoms with Gasteiger partial charge in [-0.1, -0.05) is 18.3 Å². The van der Waals surface area contributed by atoms with E-state index in [4.69, 9.17) is 0 Å². The lowest BCUT2D eigenvalue weighted by Crippen LogP contribution is -2.45. The van der Waals surface area contributed by atoms with Crippen LogP contribution in [0.15, 0.2) is 10.9 Å². The van der Waals surface area contributed by atoms with Crippen molar-refractivity contribution < 1.29 is 4.79 Å². The van der Waals surface area contributed by atoms with Crippen molar-refractivity contribution in [1.29, 1.82) is 0 Å². The van der Waals surface area contributed by atoms with Crippen molar-refractivity contribution in [2.75, 3.05) is 18.0 Å². The molecule has 1 aliphatic heterocycles. The van der Waals surface area contributed by atoms with Gasteiger partial charge in [-0.15, -0.1) is 5.10 Å². The van der Waals surface area contributed by atoms with E-state index in [0.717, 1.165) is 30.9 Å². The molecular weight excluding hydrogens is 326 g/mol. The molecule has 0 bridgehead atoms. The quantitative estimate of drug-likeness (QED) is 0.907. The minimum atomic E-state index is -0.164. The highest BCUT2D eigenvalue weighted by Gasteiger charge is 2.28. The Labute approximate surface area is 144 Å². The van der Waals surface area contributed by atoms with E-state index in [1.54, 1.807) is 6.92 Å². The molecule has 3 heterocycles. The first-order valence-electron chi connectivity index (χ1n) is 8.40. The van der Waals surface area contributed by atoms with Gasteiger partial charge in [-0.05, 0) is 33.1 Å². The third-order valence-corrected chi connectivity index (χ3v) is 5.40. The molecule has 0 saturated carbocycles. The van der Waals surface area contributed by atoms with Crippen molar-refractivity contribution in [2.24, 2.45) is 5.92 Å². The summed E-state index contributed by atoms with van der Waals surface area (Å²) in [7, 11) is 0. The van der Waals surface area contributed by atoms with E-state index in [0.29, 0.717) is 17.2 Å². The van der Waals surface area contributed by atoms with E-state index in [9.17, 15) is 9.59 Å². The fourth-order valence-corrected chi connectivity index (χ4v) is 3.85. The summed E-state index contributed by atoms with van der Waals surface area (Å²) in [5.41, 5.74) is 0.530. The summed E-state index contributed by atoms with van der Waals surface area (Å²) in [6, 6.07) is 1.68. The van der Waals surface area contributed by atoms with Crippen LogP contribution in [0.1, 0.15) is 38.8 Å². The third kappa shape index (κ3) is 3.43. The summed E-state index contributed by atoms with van der Waals surface area (Å²) in [6.07, 6.45) is 2.75. The van der Waals surface area contributed by atoms with E-state index in [1.165, 1.54) is 21.9 Å². The van der Waals surface area contributed by atoms with Crippen LogP contribution in [0.5, 0.6) is 0 Å². The van der Waals surface area contributed by atoms with Crippen LogP contribution >= 0.6 is 11.3 Å². The molecule has 1 saturated heterocycles. The topological polar surface area (TPSA) is 79.6 Å². The van der Waals surface area contributed by atoms with Crippen LogP contribution in [0.4, 0.5) is 5.13 Å². The van der Waals surface area contributed by atoms with Crippen LogP contribution in [0.3, 0.4) is 0 Å². The maximum absolute atomic E-state index is 12.4. The Morgan fingerprint density at radius 2 is 2.33 bits per heavy atom. The van der Waals surface area contributed by atoms with E-state index < -0.39 is 0 Å². The standard InChI is InChI=1S/C16H23N5O2S/c1-4-10(2)17-14(23)12-6-5-7-20(9-12)16-19-21-13(22)8-11(3)18-15(21)24-16/h8,10,12H,4-7,9H2,1-3H3,(H,17,23)/t10-,12-/m1/s1. The molecule has 2 aromatic heterocycles. The third-order valence-electron chi connectivity index (χ3n) is 4.43. The van der Waals surface area contributed by atoms with E-state index in [-0.39, 0.29) is 23.4 Å². The predicted molar refractivity (Wildman–Crippen MR) is 94.7 cm³/mol. The average Bonchev–Trinajstić information content (AvgIpc) is 2.99. The average molecular weight is 349 g/mol. The molecule has 24 heavy (non-hydrogen) atoms. The van der Waals surface area contributed by atoms with Gasteiger partial charge >= 0.3 is 0 Å². The smallest absolute Gasteiger partial charge is 0.275 e. The zero-order valence-corrected chi connectivity index (χ0v) is 15.1. The van der Waals surface area contributed by atoms with Crippen LogP contribution in [-0.2, 0) is 4.79 Å². The zero-order valence-electron chi connectivity index (χ0n) is 14.3. The monoisotopic (exact) mass is 349 g/mol. The van der Waals surface area contributed by atoms with Crippen LogP contribution in [0.25, 0.3) is 4.96 Å². The molecule has 2 atom stereocenters. The molecule has 2 aromatic rings. The Bertz CT molecular complexity index is 799. The second-order valence-electron chi connectivity index (χ2n) is 6.42. The van der Waals surface area contributed by atoms with Gasteiger partial charge in [0.2, 0.25) is 16.0 Å². The molecule has 8 heteroatoms. The van der Waals surface area contributed by atoms with Crippen LogP contribution in [-0.4, -0.2) is 39.6 Å². The zero-order chi connectivity index (χ0) is 17.3. The summed E-state index contributed by atoms with van der Waals surface area (Å²) in [4.78, 5) is 31.5. The molecule has 3 rings (SSSR count). The van der Waals surface area contributed by atoms with Crippen LogP contribution in [0, 0.1) is 12.8 Å². The SMILES string of the molecule is CC[C@@H](C)NC(=O)[C@@H]1CCCN(c2nn3c(=O)cc(C)nc3s2)C1. The number of hydrogen-bond donors (Lipinski definition) is 1. The van der Waals surface area contributed by atoms with Gasteiger partial charge in [0.15, 0.2) is 0 Å². The molecule has 7 nitrogen and oxygen atoms in total. The molecule has 0 aliphatic carbocycles. The molecule has 0 spiro atoms. The first kappa shape index (κ1) is 16.9. The number of fused-ring (bicyclic) bond motifs is 1. The van der Waals surface area contributed by atoms with Crippen molar-refractivity contribution in [1.82, 2.24) is 19.9 Å². The number of nitrogens with zero attached hydrogens (tertiary/aromatic N) is 4. The van der Waals surface area contributed by atoms with E-state index in [2.05, 4.69) is 27.2 Å². The fraction of sp³-hybridized carbons (Fsp3) is 0.625.